The minimum atomic E-state index is -3.44. The molecule has 0 radical (unpaired) electrons. The highest BCUT2D eigenvalue weighted by Crippen LogP contribution is 2.20. The number of aryl methyl sites for hydroxylation is 1. The first-order chi connectivity index (χ1) is 10.4. The lowest BCUT2D eigenvalue weighted by Gasteiger charge is -2.06. The van der Waals surface area contributed by atoms with Crippen LogP contribution in [0, 0.1) is 6.92 Å². The van der Waals surface area contributed by atoms with Gasteiger partial charge >= 0.3 is 5.97 Å². The summed E-state index contributed by atoms with van der Waals surface area (Å²) in [6.45, 7) is 2.17. The fraction of sp³-hybridized carbons (Fsp3) is 0.267. The summed E-state index contributed by atoms with van der Waals surface area (Å²) in [6.07, 6.45) is 0.547. The van der Waals surface area contributed by atoms with E-state index in [-0.39, 0.29) is 5.97 Å². The number of ether oxygens (including phenoxy) is 1. The van der Waals surface area contributed by atoms with Crippen LogP contribution in [0.3, 0.4) is 0 Å². The Kier molecular flexibility index (Phi) is 5.33. The van der Waals surface area contributed by atoms with Gasteiger partial charge in [-0.2, -0.15) is 0 Å². The Hall–Kier alpha value is -1.70. The molecule has 22 heavy (non-hydrogen) atoms. The molecule has 7 heteroatoms. The summed E-state index contributed by atoms with van der Waals surface area (Å²) in [4.78, 5) is 12.3. The van der Waals surface area contributed by atoms with Crippen molar-refractivity contribution in [2.45, 2.75) is 17.6 Å². The van der Waals surface area contributed by atoms with Crippen molar-refractivity contribution in [1.82, 2.24) is 4.72 Å². The van der Waals surface area contributed by atoms with E-state index in [1.54, 1.807) is 36.4 Å². The van der Waals surface area contributed by atoms with Gasteiger partial charge in [-0.3, -0.25) is 0 Å². The van der Waals surface area contributed by atoms with E-state index in [2.05, 4.69) is 9.46 Å². The van der Waals surface area contributed by atoms with Crippen molar-refractivity contribution in [3.05, 3.63) is 52.4 Å². The van der Waals surface area contributed by atoms with Crippen LogP contribution in [-0.2, 0) is 21.2 Å². The van der Waals surface area contributed by atoms with Gasteiger partial charge in [-0.25, -0.2) is 17.9 Å². The molecule has 0 saturated heterocycles. The zero-order valence-corrected chi connectivity index (χ0v) is 14.0. The monoisotopic (exact) mass is 339 g/mol. The normalized spacial score (nSPS) is 11.4. The molecule has 2 aromatic rings. The van der Waals surface area contributed by atoms with Crippen molar-refractivity contribution in [3.8, 4) is 0 Å². The summed E-state index contributed by atoms with van der Waals surface area (Å²) in [5.41, 5.74) is 1.42. The zero-order chi connectivity index (χ0) is 16.2. The lowest BCUT2D eigenvalue weighted by molar-refractivity contribution is 0.0600. The molecular formula is C15H17NO4S2. The number of hydrogen-bond donors (Lipinski definition) is 1. The average Bonchev–Trinajstić information content (AvgIpc) is 2.94. The van der Waals surface area contributed by atoms with Gasteiger partial charge in [0.2, 0.25) is 10.0 Å². The van der Waals surface area contributed by atoms with Crippen LogP contribution < -0.4 is 4.72 Å². The van der Waals surface area contributed by atoms with Crippen LogP contribution in [-0.4, -0.2) is 28.0 Å². The van der Waals surface area contributed by atoms with Crippen molar-refractivity contribution in [3.63, 3.8) is 0 Å². The van der Waals surface area contributed by atoms with Gasteiger partial charge in [0.15, 0.2) is 0 Å². The Morgan fingerprint density at radius 3 is 2.41 bits per heavy atom. The Balaban J connectivity index is 1.92. The highest BCUT2D eigenvalue weighted by Gasteiger charge is 2.15. The molecule has 0 atom stereocenters. The fourth-order valence-electron chi connectivity index (χ4n) is 1.88. The van der Waals surface area contributed by atoms with Crippen LogP contribution in [0.4, 0.5) is 0 Å². The lowest BCUT2D eigenvalue weighted by Crippen LogP contribution is -2.25. The highest BCUT2D eigenvalue weighted by molar-refractivity contribution is 7.91. The molecule has 0 saturated carbocycles. The predicted octanol–water partition coefficient (Wildman–Crippen LogP) is 2.36. The third-order valence-electron chi connectivity index (χ3n) is 3.06. The predicted molar refractivity (Wildman–Crippen MR) is 85.7 cm³/mol. The third-order valence-corrected chi connectivity index (χ3v) is 6.01. The van der Waals surface area contributed by atoms with E-state index in [1.807, 2.05) is 6.92 Å². The molecule has 0 fully saturated rings. The summed E-state index contributed by atoms with van der Waals surface area (Å²) in [5.74, 6) is -0.389. The first kappa shape index (κ1) is 16.7. The molecule has 0 aliphatic rings. The number of benzene rings is 1. The summed E-state index contributed by atoms with van der Waals surface area (Å²) in [6, 6.07) is 10.3. The van der Waals surface area contributed by atoms with E-state index >= 15 is 0 Å². The number of rotatable bonds is 6. The summed E-state index contributed by atoms with van der Waals surface area (Å²) in [7, 11) is -2.11. The number of thiophene rings is 1. The molecule has 0 aliphatic heterocycles. The Labute approximate surface area is 134 Å². The molecule has 1 N–H and O–H groups in total. The molecule has 0 unspecified atom stereocenters. The molecule has 0 spiro atoms. The second kappa shape index (κ2) is 7.04. The maximum absolute atomic E-state index is 12.1. The van der Waals surface area contributed by atoms with Gasteiger partial charge in [0.25, 0.3) is 0 Å². The van der Waals surface area contributed by atoms with E-state index in [1.165, 1.54) is 18.4 Å². The zero-order valence-electron chi connectivity index (χ0n) is 12.3. The van der Waals surface area contributed by atoms with Gasteiger partial charge in [0.05, 0.1) is 12.7 Å². The van der Waals surface area contributed by atoms with Crippen LogP contribution in [0.2, 0.25) is 0 Å². The minimum absolute atomic E-state index is 0.302. The molecular weight excluding hydrogens is 322 g/mol. The fourth-order valence-corrected chi connectivity index (χ4v) is 4.24. The van der Waals surface area contributed by atoms with Gasteiger partial charge < -0.3 is 4.74 Å². The molecule has 0 aliphatic carbocycles. The standard InChI is InChI=1S/C15H17NO4S2/c1-11-3-8-14(21-11)22(18,19)16-10-9-12-4-6-13(7-5-12)15(17)20-2/h3-8,16H,9-10H2,1-2H3. The van der Waals surface area contributed by atoms with E-state index in [0.717, 1.165) is 10.4 Å². The van der Waals surface area contributed by atoms with Gasteiger partial charge in [0.1, 0.15) is 4.21 Å². The van der Waals surface area contributed by atoms with Crippen molar-refractivity contribution >= 4 is 27.3 Å². The quantitative estimate of drug-likeness (QED) is 0.820. The second-order valence-electron chi connectivity index (χ2n) is 4.70. The first-order valence-corrected chi connectivity index (χ1v) is 8.96. The van der Waals surface area contributed by atoms with E-state index < -0.39 is 10.0 Å². The van der Waals surface area contributed by atoms with Crippen LogP contribution in [0.5, 0.6) is 0 Å². The van der Waals surface area contributed by atoms with Crippen LogP contribution in [0.15, 0.2) is 40.6 Å². The van der Waals surface area contributed by atoms with Crippen molar-refractivity contribution < 1.29 is 17.9 Å². The Morgan fingerprint density at radius 2 is 1.86 bits per heavy atom. The molecule has 0 bridgehead atoms. The van der Waals surface area contributed by atoms with Crippen molar-refractivity contribution in [2.75, 3.05) is 13.7 Å². The molecule has 5 nitrogen and oxygen atoms in total. The van der Waals surface area contributed by atoms with E-state index in [9.17, 15) is 13.2 Å². The number of nitrogens with one attached hydrogen (secondary N) is 1. The summed E-state index contributed by atoms with van der Waals surface area (Å²) < 4.78 is 31.6. The van der Waals surface area contributed by atoms with Crippen LogP contribution in [0.25, 0.3) is 0 Å². The smallest absolute Gasteiger partial charge is 0.337 e. The molecule has 1 aromatic heterocycles. The average molecular weight is 339 g/mol. The lowest BCUT2D eigenvalue weighted by atomic mass is 10.1. The topological polar surface area (TPSA) is 72.5 Å². The van der Waals surface area contributed by atoms with Crippen molar-refractivity contribution in [1.29, 1.82) is 0 Å². The molecule has 0 amide bonds. The number of sulfonamides is 1. The second-order valence-corrected chi connectivity index (χ2v) is 7.98. The maximum atomic E-state index is 12.1. The number of esters is 1. The van der Waals surface area contributed by atoms with Gasteiger partial charge in [0, 0.05) is 11.4 Å². The van der Waals surface area contributed by atoms with Crippen molar-refractivity contribution in [2.24, 2.45) is 0 Å². The van der Waals surface area contributed by atoms with E-state index in [0.29, 0.717) is 22.7 Å². The first-order valence-electron chi connectivity index (χ1n) is 6.66. The van der Waals surface area contributed by atoms with E-state index in [4.69, 9.17) is 0 Å². The molecule has 118 valence electrons. The van der Waals surface area contributed by atoms with Crippen LogP contribution in [0.1, 0.15) is 20.8 Å². The summed E-state index contributed by atoms with van der Waals surface area (Å²) >= 11 is 1.25. The Morgan fingerprint density at radius 1 is 1.18 bits per heavy atom. The number of carbonyl (C=O) groups excluding carboxylic acids is 1. The molecule has 2 rings (SSSR count). The minimum Gasteiger partial charge on any atom is -0.465 e. The maximum Gasteiger partial charge on any atom is 0.337 e. The number of carbonyl (C=O) groups is 1. The van der Waals surface area contributed by atoms with Gasteiger partial charge in [-0.15, -0.1) is 11.3 Å². The van der Waals surface area contributed by atoms with Crippen LogP contribution >= 0.6 is 11.3 Å². The molecule has 1 heterocycles. The Bertz CT molecular complexity index is 748. The SMILES string of the molecule is COC(=O)c1ccc(CCNS(=O)(=O)c2ccc(C)s2)cc1. The number of hydrogen-bond acceptors (Lipinski definition) is 5. The third kappa shape index (κ3) is 4.16. The largest absolute Gasteiger partial charge is 0.465 e. The number of methoxy groups -OCH3 is 1. The molecule has 1 aromatic carbocycles. The summed E-state index contributed by atoms with van der Waals surface area (Å²) in [5, 5.41) is 0. The van der Waals surface area contributed by atoms with Gasteiger partial charge in [-0.05, 0) is 43.2 Å². The highest BCUT2D eigenvalue weighted by atomic mass is 32.2. The van der Waals surface area contributed by atoms with Gasteiger partial charge in [-0.1, -0.05) is 12.1 Å².